The molecular formula is C32H55O7PS2Si. The molecule has 2 aliphatic rings. The van der Waals surface area contributed by atoms with Gasteiger partial charge in [-0.05, 0) is 71.5 Å². The summed E-state index contributed by atoms with van der Waals surface area (Å²) in [6, 6.07) is 0. The van der Waals surface area contributed by atoms with Crippen molar-refractivity contribution in [3.8, 4) is 0 Å². The van der Waals surface area contributed by atoms with Gasteiger partial charge in [-0.2, -0.15) is 0 Å². The highest BCUT2D eigenvalue weighted by atomic mass is 32.2. The van der Waals surface area contributed by atoms with Gasteiger partial charge in [0.05, 0.1) is 29.6 Å². The Balaban J connectivity index is 2.02. The molecule has 0 saturated carbocycles. The summed E-state index contributed by atoms with van der Waals surface area (Å²) in [5, 5.41) is 0.197. The van der Waals surface area contributed by atoms with Gasteiger partial charge < -0.3 is 18.2 Å². The van der Waals surface area contributed by atoms with E-state index in [2.05, 4.69) is 52.9 Å². The van der Waals surface area contributed by atoms with E-state index in [9.17, 15) is 14.2 Å². The fourth-order valence-corrected chi connectivity index (χ4v) is 11.8. The van der Waals surface area contributed by atoms with Crippen LogP contribution in [-0.2, 0) is 32.4 Å². The van der Waals surface area contributed by atoms with Gasteiger partial charge in [0.2, 0.25) is 0 Å². The Kier molecular flexibility index (Phi) is 14.6. The smallest absolute Gasteiger partial charge is 0.332 e. The number of allylic oxidation sites excluding steroid dienone is 5. The minimum atomic E-state index is -3.32. The summed E-state index contributed by atoms with van der Waals surface area (Å²) in [6.45, 7) is 19.6. The SMILES string of the molecule is CCOC(=O)C(C)(C/C=C(C)/C=C/CC/C=C(\C)CO[Si](C)(C)C(C)(C)C)C(=O)CC1CC2(CP(=O)(OC)O1)SCCS2. The van der Waals surface area contributed by atoms with Crippen LogP contribution in [0.25, 0.3) is 0 Å². The van der Waals surface area contributed by atoms with Gasteiger partial charge in [-0.3, -0.25) is 14.2 Å². The van der Waals surface area contributed by atoms with Crippen LogP contribution in [0, 0.1) is 5.41 Å². The second kappa shape index (κ2) is 16.3. The van der Waals surface area contributed by atoms with Gasteiger partial charge in [0.1, 0.15) is 5.41 Å². The molecule has 246 valence electrons. The lowest BCUT2D eigenvalue weighted by atomic mass is 9.79. The summed E-state index contributed by atoms with van der Waals surface area (Å²) >= 11 is 3.54. The molecule has 2 saturated heterocycles. The largest absolute Gasteiger partial charge is 0.465 e. The van der Waals surface area contributed by atoms with E-state index < -0.39 is 33.4 Å². The van der Waals surface area contributed by atoms with Gasteiger partial charge in [-0.1, -0.05) is 56.2 Å². The number of hydrogen-bond acceptors (Lipinski definition) is 9. The third kappa shape index (κ3) is 11.3. The first-order valence-corrected chi connectivity index (χ1v) is 22.0. The number of carbonyl (C=O) groups is 2. The Labute approximate surface area is 270 Å². The Morgan fingerprint density at radius 1 is 1.09 bits per heavy atom. The minimum absolute atomic E-state index is 0.0148. The minimum Gasteiger partial charge on any atom is -0.465 e. The second-order valence-corrected chi connectivity index (χ2v) is 23.5. The van der Waals surface area contributed by atoms with E-state index in [1.807, 2.05) is 19.1 Å². The molecular weight excluding hydrogens is 620 g/mol. The van der Waals surface area contributed by atoms with Crippen molar-refractivity contribution in [2.45, 2.75) is 109 Å². The highest BCUT2D eigenvalue weighted by Crippen LogP contribution is 2.64. The molecule has 43 heavy (non-hydrogen) atoms. The van der Waals surface area contributed by atoms with Crippen LogP contribution in [0.3, 0.4) is 0 Å². The Hall–Kier alpha value is -0.613. The third-order valence-corrected chi connectivity index (χ3v) is 19.1. The summed E-state index contributed by atoms with van der Waals surface area (Å²) in [5.74, 6) is 1.12. The van der Waals surface area contributed by atoms with E-state index in [1.54, 1.807) is 37.4 Å². The highest BCUT2D eigenvalue weighted by Gasteiger charge is 2.52. The number of unbranched alkanes of at least 4 members (excludes halogenated alkanes) is 1. The molecule has 0 amide bonds. The number of ether oxygens (including phenoxy) is 1. The summed E-state index contributed by atoms with van der Waals surface area (Å²) < 4.78 is 35.8. The van der Waals surface area contributed by atoms with E-state index >= 15 is 0 Å². The van der Waals surface area contributed by atoms with Gasteiger partial charge in [0, 0.05) is 25.0 Å². The molecule has 3 unspecified atom stereocenters. The maximum Gasteiger partial charge on any atom is 0.332 e. The molecule has 0 radical (unpaired) electrons. The lowest BCUT2D eigenvalue weighted by Crippen LogP contribution is -2.42. The molecule has 1 spiro atoms. The Morgan fingerprint density at radius 3 is 2.33 bits per heavy atom. The quantitative estimate of drug-likeness (QED) is 0.0321. The van der Waals surface area contributed by atoms with Gasteiger partial charge in [0.25, 0.3) is 0 Å². The molecule has 2 rings (SSSR count). The zero-order valence-corrected chi connectivity index (χ0v) is 31.6. The Bertz CT molecular complexity index is 1110. The van der Waals surface area contributed by atoms with Gasteiger partial charge >= 0.3 is 13.6 Å². The van der Waals surface area contributed by atoms with Crippen LogP contribution in [-0.4, -0.2) is 68.2 Å². The number of rotatable bonds is 15. The van der Waals surface area contributed by atoms with Crippen LogP contribution >= 0.6 is 31.1 Å². The van der Waals surface area contributed by atoms with Crippen LogP contribution in [0.1, 0.15) is 80.6 Å². The molecule has 2 heterocycles. The predicted octanol–water partition coefficient (Wildman–Crippen LogP) is 8.96. The fraction of sp³-hybridized carbons (Fsp3) is 0.750. The number of esters is 1. The average Bonchev–Trinajstić information content (AvgIpc) is 3.35. The molecule has 0 aromatic heterocycles. The summed E-state index contributed by atoms with van der Waals surface area (Å²) in [6.07, 6.45) is 10.6. The lowest BCUT2D eigenvalue weighted by Gasteiger charge is -2.40. The van der Waals surface area contributed by atoms with E-state index in [-0.39, 0.29) is 34.3 Å². The van der Waals surface area contributed by atoms with Gasteiger partial charge in [-0.15, -0.1) is 23.5 Å². The zero-order valence-electron chi connectivity index (χ0n) is 28.1. The van der Waals surface area contributed by atoms with E-state index in [0.717, 1.165) is 29.9 Å². The second-order valence-electron chi connectivity index (χ2n) is 13.4. The van der Waals surface area contributed by atoms with Crippen molar-refractivity contribution in [2.75, 3.05) is 38.0 Å². The number of ketones is 1. The van der Waals surface area contributed by atoms with Crippen molar-refractivity contribution < 1.29 is 32.4 Å². The molecule has 2 aliphatic heterocycles. The number of hydrogen-bond donors (Lipinski definition) is 0. The standard InChI is InChI=1S/C32H55O7PS2Si/c1-11-37-29(34)31(7,28(33)21-27-22-32(41-19-20-42-32)24-40(35,36-8)39-27)18-17-25(2)15-13-12-14-16-26(3)23-38-43(9,10)30(4,5)6/h13,15-17,27H,11-12,14,18-24H2,1-10H3/b15-13+,25-17+,26-16+. The van der Waals surface area contributed by atoms with Crippen molar-refractivity contribution >= 4 is 51.2 Å². The topological polar surface area (TPSA) is 88.1 Å². The first kappa shape index (κ1) is 38.6. The zero-order chi connectivity index (χ0) is 32.5. The van der Waals surface area contributed by atoms with E-state index in [1.165, 1.54) is 12.7 Å². The molecule has 11 heteroatoms. The summed E-state index contributed by atoms with van der Waals surface area (Å²) in [7, 11) is -3.69. The molecule has 0 N–H and O–H groups in total. The maximum atomic E-state index is 13.7. The molecule has 0 aromatic carbocycles. The van der Waals surface area contributed by atoms with E-state index in [4.69, 9.17) is 18.2 Å². The van der Waals surface area contributed by atoms with Crippen LogP contribution in [0.15, 0.2) is 35.5 Å². The predicted molar refractivity (Wildman–Crippen MR) is 185 cm³/mol. The van der Waals surface area contributed by atoms with Crippen LogP contribution in [0.4, 0.5) is 0 Å². The van der Waals surface area contributed by atoms with Crippen molar-refractivity contribution in [3.63, 3.8) is 0 Å². The van der Waals surface area contributed by atoms with E-state index in [0.29, 0.717) is 19.2 Å². The normalized spacial score (nSPS) is 24.8. The van der Waals surface area contributed by atoms with Crippen LogP contribution in [0.5, 0.6) is 0 Å². The summed E-state index contributed by atoms with van der Waals surface area (Å²) in [5.41, 5.74) is 0.852. The average molecular weight is 675 g/mol. The third-order valence-electron chi connectivity index (χ3n) is 8.64. The van der Waals surface area contributed by atoms with Gasteiger partial charge in [0.15, 0.2) is 14.1 Å². The maximum absolute atomic E-state index is 13.7. The first-order valence-electron chi connectivity index (χ1n) is 15.4. The highest BCUT2D eigenvalue weighted by molar-refractivity contribution is 8.21. The molecule has 2 fully saturated rings. The van der Waals surface area contributed by atoms with Crippen molar-refractivity contribution in [3.05, 3.63) is 35.5 Å². The molecule has 0 aromatic rings. The number of Topliss-reactive ketones (excluding diaryl/α,β-unsaturated/α-hetero) is 1. The lowest BCUT2D eigenvalue weighted by molar-refractivity contribution is -0.159. The molecule has 3 atom stereocenters. The van der Waals surface area contributed by atoms with Crippen molar-refractivity contribution in [1.29, 1.82) is 0 Å². The molecule has 0 bridgehead atoms. The number of carbonyl (C=O) groups excluding carboxylic acids is 2. The Morgan fingerprint density at radius 2 is 1.74 bits per heavy atom. The number of thioether (sulfide) groups is 2. The first-order chi connectivity index (χ1) is 19.9. The van der Waals surface area contributed by atoms with Gasteiger partial charge in [-0.25, -0.2) is 0 Å². The fourth-order valence-electron chi connectivity index (χ4n) is 4.66. The summed E-state index contributed by atoms with van der Waals surface area (Å²) in [4.78, 5) is 26.8. The van der Waals surface area contributed by atoms with Crippen molar-refractivity contribution in [2.24, 2.45) is 5.41 Å². The van der Waals surface area contributed by atoms with Crippen molar-refractivity contribution in [1.82, 2.24) is 0 Å². The van der Waals surface area contributed by atoms with Crippen LogP contribution < -0.4 is 0 Å². The monoisotopic (exact) mass is 674 g/mol. The molecule has 0 aliphatic carbocycles. The molecule has 7 nitrogen and oxygen atoms in total. The van der Waals surface area contributed by atoms with Crippen LogP contribution in [0.2, 0.25) is 18.1 Å².